The summed E-state index contributed by atoms with van der Waals surface area (Å²) in [4.78, 5) is 3.99. The third-order valence-corrected chi connectivity index (χ3v) is 6.46. The van der Waals surface area contributed by atoms with E-state index in [1.807, 2.05) is 0 Å². The molecule has 0 aromatic heterocycles. The van der Waals surface area contributed by atoms with Crippen LogP contribution < -0.4 is 4.98 Å². The van der Waals surface area contributed by atoms with Crippen molar-refractivity contribution < 1.29 is 0 Å². The van der Waals surface area contributed by atoms with Crippen molar-refractivity contribution >= 4 is 13.9 Å². The summed E-state index contributed by atoms with van der Waals surface area (Å²) in [5.41, 5.74) is 14.7. The molecule has 2 heteroatoms. The molecule has 0 bridgehead atoms. The maximum atomic E-state index is 3.99. The van der Waals surface area contributed by atoms with Gasteiger partial charge in [0.05, 0.1) is 0 Å². The maximum Gasteiger partial charge on any atom is 0.144 e. The first-order valence-corrected chi connectivity index (χ1v) is 14.1. The molecule has 0 radical (unpaired) electrons. The number of benzene rings is 3. The van der Waals surface area contributed by atoms with Crippen molar-refractivity contribution in [2.45, 2.75) is 61.2 Å². The highest BCUT2D eigenvalue weighted by molar-refractivity contribution is 6.79. The van der Waals surface area contributed by atoms with Gasteiger partial charge in [-0.05, 0) is 74.9 Å². The SMILES string of the molecule is Cc1cc(C)c(-c2cccc(-c3c(C)cc(C)cc3C)c2N[Si](C)(C)C)c(C)c1. The molecule has 0 saturated heterocycles. The Morgan fingerprint density at radius 3 is 1.24 bits per heavy atom. The monoisotopic (exact) mass is 401 g/mol. The molecule has 152 valence electrons. The Balaban J connectivity index is 2.38. The van der Waals surface area contributed by atoms with Gasteiger partial charge in [-0.25, -0.2) is 0 Å². The van der Waals surface area contributed by atoms with E-state index < -0.39 is 8.24 Å². The molecule has 3 aromatic rings. The second-order valence-corrected chi connectivity index (χ2v) is 14.4. The van der Waals surface area contributed by atoms with Crippen LogP contribution in [0.4, 0.5) is 5.69 Å². The lowest BCUT2D eigenvalue weighted by molar-refractivity contribution is 1.31. The van der Waals surface area contributed by atoms with Gasteiger partial charge in [-0.3, -0.25) is 0 Å². The molecular weight excluding hydrogens is 366 g/mol. The average molecular weight is 402 g/mol. The zero-order valence-corrected chi connectivity index (χ0v) is 20.5. The zero-order valence-electron chi connectivity index (χ0n) is 19.5. The molecule has 0 atom stereocenters. The van der Waals surface area contributed by atoms with Crippen LogP contribution in [0.15, 0.2) is 42.5 Å². The predicted molar refractivity (Wildman–Crippen MR) is 133 cm³/mol. The summed E-state index contributed by atoms with van der Waals surface area (Å²) in [6.45, 7) is 20.4. The third-order valence-electron chi connectivity index (χ3n) is 5.46. The quantitative estimate of drug-likeness (QED) is 0.435. The first kappa shape index (κ1) is 21.4. The first-order chi connectivity index (χ1) is 13.5. The van der Waals surface area contributed by atoms with E-state index in [9.17, 15) is 0 Å². The molecule has 0 amide bonds. The molecule has 3 aromatic carbocycles. The average Bonchev–Trinajstić information content (AvgIpc) is 2.54. The molecule has 0 fully saturated rings. The largest absolute Gasteiger partial charge is 0.410 e. The summed E-state index contributed by atoms with van der Waals surface area (Å²) in [6, 6.07) is 16.0. The van der Waals surface area contributed by atoms with E-state index in [1.165, 1.54) is 61.3 Å². The molecule has 0 aliphatic heterocycles. The van der Waals surface area contributed by atoms with Crippen molar-refractivity contribution in [2.24, 2.45) is 0 Å². The molecule has 1 N–H and O–H groups in total. The van der Waals surface area contributed by atoms with Gasteiger partial charge in [0.15, 0.2) is 0 Å². The summed E-state index contributed by atoms with van der Waals surface area (Å²) in [6.07, 6.45) is 0. The van der Waals surface area contributed by atoms with Gasteiger partial charge in [-0.15, -0.1) is 0 Å². The Bertz CT molecular complexity index is 949. The van der Waals surface area contributed by atoms with Crippen LogP contribution in [0, 0.1) is 41.5 Å². The van der Waals surface area contributed by atoms with Gasteiger partial charge in [0.2, 0.25) is 0 Å². The summed E-state index contributed by atoms with van der Waals surface area (Å²) in [7, 11) is -1.57. The van der Waals surface area contributed by atoms with Crippen LogP contribution >= 0.6 is 0 Å². The second kappa shape index (κ2) is 7.83. The third kappa shape index (κ3) is 4.48. The fourth-order valence-electron chi connectivity index (χ4n) is 4.69. The predicted octanol–water partition coefficient (Wildman–Crippen LogP) is 8.12. The smallest absolute Gasteiger partial charge is 0.144 e. The van der Waals surface area contributed by atoms with Crippen molar-refractivity contribution in [1.29, 1.82) is 0 Å². The number of hydrogen-bond donors (Lipinski definition) is 1. The standard InChI is InChI=1S/C27H35NSi/c1-17-13-19(3)25(20(4)14-17)23-11-10-12-24(27(23)28-29(7,8)9)26-21(5)15-18(2)16-22(26)6/h10-16,28H,1-9H3. The van der Waals surface area contributed by atoms with Crippen LogP contribution in [0.1, 0.15) is 33.4 Å². The van der Waals surface area contributed by atoms with Crippen LogP contribution in [0.25, 0.3) is 22.3 Å². The number of aryl methyl sites for hydroxylation is 6. The highest BCUT2D eigenvalue weighted by atomic mass is 28.3. The van der Waals surface area contributed by atoms with Gasteiger partial charge in [0.1, 0.15) is 8.24 Å². The van der Waals surface area contributed by atoms with Crippen molar-refractivity contribution in [1.82, 2.24) is 0 Å². The van der Waals surface area contributed by atoms with Crippen molar-refractivity contribution in [2.75, 3.05) is 4.98 Å². The van der Waals surface area contributed by atoms with Gasteiger partial charge in [0, 0.05) is 16.8 Å². The minimum Gasteiger partial charge on any atom is -0.410 e. The number of para-hydroxylation sites is 1. The molecule has 1 nitrogen and oxygen atoms in total. The fourth-order valence-corrected chi connectivity index (χ4v) is 5.71. The Kier molecular flexibility index (Phi) is 5.78. The van der Waals surface area contributed by atoms with Crippen LogP contribution in [0.2, 0.25) is 19.6 Å². The Morgan fingerprint density at radius 1 is 0.586 bits per heavy atom. The molecule has 0 heterocycles. The molecule has 0 unspecified atom stereocenters. The zero-order chi connectivity index (χ0) is 21.5. The molecule has 0 aliphatic rings. The second-order valence-electron chi connectivity index (χ2n) is 9.65. The van der Waals surface area contributed by atoms with Crippen LogP contribution in [0.5, 0.6) is 0 Å². The van der Waals surface area contributed by atoms with E-state index in [-0.39, 0.29) is 0 Å². The summed E-state index contributed by atoms with van der Waals surface area (Å²) in [5, 5.41) is 0. The highest BCUT2D eigenvalue weighted by Crippen LogP contribution is 2.42. The summed E-state index contributed by atoms with van der Waals surface area (Å²) in [5.74, 6) is 0. The lowest BCUT2D eigenvalue weighted by atomic mass is 9.87. The van der Waals surface area contributed by atoms with Crippen LogP contribution in [0.3, 0.4) is 0 Å². The van der Waals surface area contributed by atoms with E-state index in [4.69, 9.17) is 0 Å². The summed E-state index contributed by atoms with van der Waals surface area (Å²) < 4.78 is 0. The minimum atomic E-state index is -1.57. The van der Waals surface area contributed by atoms with Gasteiger partial charge in [-0.1, -0.05) is 73.2 Å². The fraction of sp³-hybridized carbons (Fsp3) is 0.333. The van der Waals surface area contributed by atoms with Crippen molar-refractivity contribution in [3.05, 3.63) is 75.8 Å². The Labute approximate surface area is 178 Å². The number of anilines is 1. The van der Waals surface area contributed by atoms with E-state index in [1.54, 1.807) is 0 Å². The van der Waals surface area contributed by atoms with Crippen LogP contribution in [-0.2, 0) is 0 Å². The van der Waals surface area contributed by atoms with E-state index in [2.05, 4.69) is 109 Å². The number of nitrogens with one attached hydrogen (secondary N) is 1. The molecule has 29 heavy (non-hydrogen) atoms. The van der Waals surface area contributed by atoms with Gasteiger partial charge in [-0.2, -0.15) is 0 Å². The van der Waals surface area contributed by atoms with E-state index in [0.29, 0.717) is 0 Å². The highest BCUT2D eigenvalue weighted by Gasteiger charge is 2.22. The minimum absolute atomic E-state index is 1.29. The molecule has 0 spiro atoms. The maximum absolute atomic E-state index is 3.99. The number of rotatable bonds is 4. The summed E-state index contributed by atoms with van der Waals surface area (Å²) >= 11 is 0. The Morgan fingerprint density at radius 2 is 0.931 bits per heavy atom. The number of hydrogen-bond acceptors (Lipinski definition) is 1. The van der Waals surface area contributed by atoms with Gasteiger partial charge in [0.25, 0.3) is 0 Å². The topological polar surface area (TPSA) is 12.0 Å². The molecule has 0 saturated carbocycles. The Hall–Kier alpha value is -2.32. The van der Waals surface area contributed by atoms with Crippen molar-refractivity contribution in [3.63, 3.8) is 0 Å². The first-order valence-electron chi connectivity index (χ1n) is 10.6. The lowest BCUT2D eigenvalue weighted by Gasteiger charge is -2.27. The van der Waals surface area contributed by atoms with Gasteiger partial charge < -0.3 is 4.98 Å². The molecular formula is C27H35NSi. The lowest BCUT2D eigenvalue weighted by Crippen LogP contribution is -2.32. The van der Waals surface area contributed by atoms with E-state index >= 15 is 0 Å². The van der Waals surface area contributed by atoms with Gasteiger partial charge >= 0.3 is 0 Å². The molecule has 0 aliphatic carbocycles. The normalized spacial score (nSPS) is 11.6. The van der Waals surface area contributed by atoms with Crippen LogP contribution in [-0.4, -0.2) is 8.24 Å². The molecule has 3 rings (SSSR count). The van der Waals surface area contributed by atoms with Crippen molar-refractivity contribution in [3.8, 4) is 22.3 Å². The van der Waals surface area contributed by atoms with E-state index in [0.717, 1.165) is 0 Å².